The molecule has 1 saturated heterocycles. The van der Waals surface area contributed by atoms with Crippen LogP contribution < -0.4 is 0 Å². The first-order valence-electron chi connectivity index (χ1n) is 8.53. The fourth-order valence-electron chi connectivity index (χ4n) is 3.09. The maximum absolute atomic E-state index is 12.5. The van der Waals surface area contributed by atoms with E-state index in [1.54, 1.807) is 4.90 Å². The molecule has 26 heavy (non-hydrogen) atoms. The van der Waals surface area contributed by atoms with Crippen molar-refractivity contribution in [1.82, 2.24) is 19.7 Å². The molecule has 8 heteroatoms. The molecule has 3 rings (SSSR count). The molecule has 0 bridgehead atoms. The highest BCUT2D eigenvalue weighted by molar-refractivity contribution is 7.99. The summed E-state index contributed by atoms with van der Waals surface area (Å²) in [5.41, 5.74) is 2.68. The maximum Gasteiger partial charge on any atom is 0.277 e. The second-order valence-electron chi connectivity index (χ2n) is 6.28. The third kappa shape index (κ3) is 3.90. The Morgan fingerprint density at radius 3 is 2.92 bits per heavy atom. The van der Waals surface area contributed by atoms with Gasteiger partial charge in [0.1, 0.15) is 0 Å². The van der Waals surface area contributed by atoms with Crippen molar-refractivity contribution in [2.24, 2.45) is 0 Å². The van der Waals surface area contributed by atoms with Crippen LogP contribution in [0.1, 0.15) is 40.5 Å². The van der Waals surface area contributed by atoms with Crippen molar-refractivity contribution >= 4 is 23.5 Å². The van der Waals surface area contributed by atoms with Crippen LogP contribution in [-0.2, 0) is 17.9 Å². The van der Waals surface area contributed by atoms with E-state index in [-0.39, 0.29) is 17.4 Å². The Kier molecular flexibility index (Phi) is 5.61. The number of rotatable bonds is 8. The highest BCUT2D eigenvalue weighted by Gasteiger charge is 2.23. The molecule has 1 aliphatic rings. The van der Waals surface area contributed by atoms with E-state index in [1.165, 1.54) is 11.8 Å². The van der Waals surface area contributed by atoms with Gasteiger partial charge in [0.2, 0.25) is 11.8 Å². The number of Topliss-reactive ketones (excluding diaryl/α,β-unsaturated/α-hetero) is 1. The van der Waals surface area contributed by atoms with Crippen molar-refractivity contribution in [3.8, 4) is 0 Å². The standard InChI is InChI=1S/C18H22N4O3S/c1-4-7-22-12(2)9-14(13(22)3)15(23)11-26-18-20-19-16(25-18)10-21-8-5-6-17(21)24/h4,9H,1,5-8,10-11H2,2-3H3. The lowest BCUT2D eigenvalue weighted by Gasteiger charge is -2.11. The monoisotopic (exact) mass is 374 g/mol. The first-order chi connectivity index (χ1) is 12.5. The molecule has 0 aliphatic carbocycles. The minimum absolute atomic E-state index is 0.0212. The molecule has 3 heterocycles. The quantitative estimate of drug-likeness (QED) is 0.401. The molecule has 0 radical (unpaired) electrons. The Bertz CT molecular complexity index is 840. The van der Waals surface area contributed by atoms with Gasteiger partial charge in [0, 0.05) is 36.5 Å². The van der Waals surface area contributed by atoms with Gasteiger partial charge >= 0.3 is 0 Å². The molecule has 7 nitrogen and oxygen atoms in total. The van der Waals surface area contributed by atoms with Crippen LogP contribution in [-0.4, -0.2) is 43.7 Å². The van der Waals surface area contributed by atoms with E-state index in [2.05, 4.69) is 21.3 Å². The number of aromatic nitrogens is 3. The third-order valence-electron chi connectivity index (χ3n) is 4.46. The largest absolute Gasteiger partial charge is 0.414 e. The molecule has 1 amide bonds. The van der Waals surface area contributed by atoms with E-state index in [4.69, 9.17) is 4.42 Å². The fourth-order valence-corrected chi connectivity index (χ4v) is 3.76. The predicted octanol–water partition coefficient (Wildman–Crippen LogP) is 2.77. The Balaban J connectivity index is 1.59. The summed E-state index contributed by atoms with van der Waals surface area (Å²) < 4.78 is 7.61. The topological polar surface area (TPSA) is 81.2 Å². The number of carbonyl (C=O) groups excluding carboxylic acids is 2. The van der Waals surface area contributed by atoms with E-state index in [9.17, 15) is 9.59 Å². The van der Waals surface area contributed by atoms with E-state index in [1.807, 2.05) is 26.0 Å². The molecule has 2 aromatic heterocycles. The van der Waals surface area contributed by atoms with E-state index in [0.29, 0.717) is 36.2 Å². The van der Waals surface area contributed by atoms with Gasteiger partial charge < -0.3 is 13.9 Å². The van der Waals surface area contributed by atoms with Gasteiger partial charge in [-0.25, -0.2) is 0 Å². The molecule has 0 unspecified atom stereocenters. The van der Waals surface area contributed by atoms with Gasteiger partial charge in [-0.1, -0.05) is 17.8 Å². The summed E-state index contributed by atoms with van der Waals surface area (Å²) in [5.74, 6) is 0.762. The van der Waals surface area contributed by atoms with Gasteiger partial charge in [-0.15, -0.1) is 16.8 Å². The van der Waals surface area contributed by atoms with Crippen molar-refractivity contribution in [3.63, 3.8) is 0 Å². The van der Waals surface area contributed by atoms with Crippen LogP contribution in [0.2, 0.25) is 0 Å². The number of likely N-dealkylation sites (tertiary alicyclic amines) is 1. The number of carbonyl (C=O) groups is 2. The normalized spacial score (nSPS) is 14.2. The Labute approximate surface area is 156 Å². The Morgan fingerprint density at radius 1 is 1.42 bits per heavy atom. The second-order valence-corrected chi connectivity index (χ2v) is 7.20. The number of aryl methyl sites for hydroxylation is 1. The van der Waals surface area contributed by atoms with Crippen LogP contribution in [0, 0.1) is 13.8 Å². The zero-order valence-corrected chi connectivity index (χ0v) is 15.8. The number of thioether (sulfide) groups is 1. The number of ketones is 1. The molecule has 0 saturated carbocycles. The summed E-state index contributed by atoms with van der Waals surface area (Å²) in [6, 6.07) is 1.90. The maximum atomic E-state index is 12.5. The van der Waals surface area contributed by atoms with Crippen LogP contribution in [0.5, 0.6) is 0 Å². The molecule has 0 aromatic carbocycles. The zero-order chi connectivity index (χ0) is 18.7. The molecule has 138 valence electrons. The summed E-state index contributed by atoms with van der Waals surface area (Å²) in [6.45, 7) is 9.41. The third-order valence-corrected chi connectivity index (χ3v) is 5.28. The molecule has 1 aliphatic heterocycles. The average Bonchev–Trinajstić information content (AvgIpc) is 3.30. The van der Waals surface area contributed by atoms with Gasteiger partial charge in [0.25, 0.3) is 5.22 Å². The molecule has 1 fully saturated rings. The summed E-state index contributed by atoms with van der Waals surface area (Å²) in [5, 5.41) is 8.28. The minimum atomic E-state index is 0.0212. The van der Waals surface area contributed by atoms with Crippen molar-refractivity contribution in [2.75, 3.05) is 12.3 Å². The number of amides is 1. The highest BCUT2D eigenvalue weighted by Crippen LogP contribution is 2.22. The lowest BCUT2D eigenvalue weighted by molar-refractivity contribution is -0.128. The first-order valence-corrected chi connectivity index (χ1v) is 9.52. The summed E-state index contributed by atoms with van der Waals surface area (Å²) in [7, 11) is 0. The number of nitrogens with zero attached hydrogens (tertiary/aromatic N) is 4. The highest BCUT2D eigenvalue weighted by atomic mass is 32.2. The average molecular weight is 374 g/mol. The van der Waals surface area contributed by atoms with E-state index >= 15 is 0 Å². The molecule has 0 atom stereocenters. The molecular weight excluding hydrogens is 352 g/mol. The number of hydrogen-bond acceptors (Lipinski definition) is 6. The van der Waals surface area contributed by atoms with Gasteiger partial charge in [-0.3, -0.25) is 9.59 Å². The van der Waals surface area contributed by atoms with Crippen LogP contribution in [0.4, 0.5) is 0 Å². The van der Waals surface area contributed by atoms with Crippen molar-refractivity contribution in [1.29, 1.82) is 0 Å². The van der Waals surface area contributed by atoms with Crippen molar-refractivity contribution < 1.29 is 14.0 Å². The zero-order valence-electron chi connectivity index (χ0n) is 15.0. The van der Waals surface area contributed by atoms with E-state index < -0.39 is 0 Å². The van der Waals surface area contributed by atoms with Crippen LogP contribution in [0.15, 0.2) is 28.4 Å². The second kappa shape index (κ2) is 7.90. The Hall–Kier alpha value is -2.35. The van der Waals surface area contributed by atoms with E-state index in [0.717, 1.165) is 24.4 Å². The van der Waals surface area contributed by atoms with Crippen LogP contribution in [0.3, 0.4) is 0 Å². The van der Waals surface area contributed by atoms with Crippen LogP contribution >= 0.6 is 11.8 Å². The summed E-state index contributed by atoms with van der Waals surface area (Å²) >= 11 is 1.22. The lowest BCUT2D eigenvalue weighted by atomic mass is 10.2. The lowest BCUT2D eigenvalue weighted by Crippen LogP contribution is -2.23. The van der Waals surface area contributed by atoms with Gasteiger partial charge in [-0.2, -0.15) is 0 Å². The summed E-state index contributed by atoms with van der Waals surface area (Å²) in [4.78, 5) is 25.9. The summed E-state index contributed by atoms with van der Waals surface area (Å²) in [6.07, 6.45) is 3.26. The predicted molar refractivity (Wildman–Crippen MR) is 98.1 cm³/mol. The number of hydrogen-bond donors (Lipinski definition) is 0. The Morgan fingerprint density at radius 2 is 2.23 bits per heavy atom. The van der Waals surface area contributed by atoms with Crippen LogP contribution in [0.25, 0.3) is 0 Å². The van der Waals surface area contributed by atoms with Crippen molar-refractivity contribution in [3.05, 3.63) is 41.6 Å². The van der Waals surface area contributed by atoms with Crippen molar-refractivity contribution in [2.45, 2.75) is 45.0 Å². The smallest absolute Gasteiger partial charge is 0.277 e. The molecular formula is C18H22N4O3S. The van der Waals surface area contributed by atoms with Gasteiger partial charge in [0.15, 0.2) is 5.78 Å². The fraction of sp³-hybridized carbons (Fsp3) is 0.444. The molecule has 0 spiro atoms. The molecule has 2 aromatic rings. The minimum Gasteiger partial charge on any atom is -0.414 e. The van der Waals surface area contributed by atoms with Gasteiger partial charge in [0.05, 0.1) is 12.3 Å². The SMILES string of the molecule is C=CCn1c(C)cc(C(=O)CSc2nnc(CN3CCCC3=O)o2)c1C. The number of allylic oxidation sites excluding steroid dienone is 1. The van der Waals surface area contributed by atoms with Gasteiger partial charge in [-0.05, 0) is 26.3 Å². The first kappa shape index (κ1) is 18.4. The molecule has 0 N–H and O–H groups in total.